The van der Waals surface area contributed by atoms with Gasteiger partial charge in [0, 0.05) is 17.6 Å². The second-order valence-electron chi connectivity index (χ2n) is 4.84. The van der Waals surface area contributed by atoms with Crippen molar-refractivity contribution in [1.82, 2.24) is 10.2 Å². The summed E-state index contributed by atoms with van der Waals surface area (Å²) in [7, 11) is 0. The van der Waals surface area contributed by atoms with Crippen LogP contribution in [0, 0.1) is 0 Å². The predicted octanol–water partition coefficient (Wildman–Crippen LogP) is 3.56. The minimum Gasteiger partial charge on any atom is -0.454 e. The maximum atomic E-state index is 6.17. The van der Waals surface area contributed by atoms with E-state index >= 15 is 0 Å². The minimum absolute atomic E-state index is 0.225. The van der Waals surface area contributed by atoms with E-state index in [4.69, 9.17) is 21.1 Å². The van der Waals surface area contributed by atoms with Gasteiger partial charge >= 0.3 is 0 Å². The molecule has 21 heavy (non-hydrogen) atoms. The van der Waals surface area contributed by atoms with Crippen molar-refractivity contribution >= 4 is 28.2 Å². The molecule has 6 heteroatoms. The van der Waals surface area contributed by atoms with Crippen molar-refractivity contribution in [3.8, 4) is 11.5 Å². The number of nitrogens with zero attached hydrogens (tertiary/aromatic N) is 1. The first-order valence-electron chi connectivity index (χ1n) is 6.54. The number of benzene rings is 2. The molecule has 0 amide bonds. The van der Waals surface area contributed by atoms with Crippen LogP contribution in [0.1, 0.15) is 5.56 Å². The Kier molecular flexibility index (Phi) is 2.86. The summed E-state index contributed by atoms with van der Waals surface area (Å²) in [4.78, 5) is 0. The number of fused-ring (bicyclic) bond motifs is 2. The number of rotatable bonds is 3. The number of nitrogens with one attached hydrogen (secondary N) is 2. The second kappa shape index (κ2) is 4.86. The summed E-state index contributed by atoms with van der Waals surface area (Å²) in [6.07, 6.45) is 1.80. The van der Waals surface area contributed by atoms with E-state index in [2.05, 4.69) is 15.5 Å². The molecule has 0 atom stereocenters. The highest BCUT2D eigenvalue weighted by atomic mass is 35.5. The fraction of sp³-hybridized carbons (Fsp3) is 0.133. The number of hydrogen-bond acceptors (Lipinski definition) is 4. The van der Waals surface area contributed by atoms with Gasteiger partial charge in [-0.25, -0.2) is 0 Å². The molecular formula is C15H12ClN3O2. The van der Waals surface area contributed by atoms with Gasteiger partial charge in [0.1, 0.15) is 0 Å². The fourth-order valence-corrected chi connectivity index (χ4v) is 2.66. The summed E-state index contributed by atoms with van der Waals surface area (Å²) in [5.41, 5.74) is 3.05. The highest BCUT2D eigenvalue weighted by Crippen LogP contribution is 2.39. The number of anilines is 1. The Hall–Kier alpha value is -2.40. The van der Waals surface area contributed by atoms with Crippen molar-refractivity contribution in [3.63, 3.8) is 0 Å². The molecule has 1 aromatic heterocycles. The third-order valence-corrected chi connectivity index (χ3v) is 3.71. The van der Waals surface area contributed by atoms with Crippen LogP contribution in [-0.4, -0.2) is 17.0 Å². The van der Waals surface area contributed by atoms with Crippen LogP contribution < -0.4 is 14.8 Å². The van der Waals surface area contributed by atoms with Crippen molar-refractivity contribution in [2.75, 3.05) is 12.1 Å². The van der Waals surface area contributed by atoms with Crippen LogP contribution in [0.3, 0.4) is 0 Å². The van der Waals surface area contributed by atoms with E-state index in [0.717, 1.165) is 22.2 Å². The molecule has 2 heterocycles. The molecule has 0 fully saturated rings. The number of halogens is 1. The third-order valence-electron chi connectivity index (χ3n) is 3.43. The number of aromatic nitrogens is 2. The summed E-state index contributed by atoms with van der Waals surface area (Å²) < 4.78 is 10.7. The Bertz CT molecular complexity index is 816. The Morgan fingerprint density at radius 1 is 1.24 bits per heavy atom. The van der Waals surface area contributed by atoms with E-state index < -0.39 is 0 Å². The summed E-state index contributed by atoms with van der Waals surface area (Å²) >= 11 is 6.17. The molecule has 0 spiro atoms. The summed E-state index contributed by atoms with van der Waals surface area (Å²) in [6, 6.07) is 9.89. The lowest BCUT2D eigenvalue weighted by molar-refractivity contribution is 0.174. The fourth-order valence-electron chi connectivity index (χ4n) is 2.37. The molecular weight excluding hydrogens is 290 g/mol. The van der Waals surface area contributed by atoms with E-state index in [9.17, 15) is 0 Å². The van der Waals surface area contributed by atoms with Gasteiger partial charge in [-0.2, -0.15) is 5.10 Å². The van der Waals surface area contributed by atoms with Gasteiger partial charge in [-0.1, -0.05) is 11.6 Å². The van der Waals surface area contributed by atoms with Crippen LogP contribution in [0.4, 0.5) is 5.69 Å². The first-order chi connectivity index (χ1) is 10.3. The zero-order valence-electron chi connectivity index (χ0n) is 11.0. The standard InChI is InChI=1S/C15H12ClN3O2/c16-12-3-9(4-14-15(12)21-8-20-14)6-17-11-2-1-10-7-18-19-13(10)5-11/h1-5,7,17H,6,8H2,(H,18,19). The van der Waals surface area contributed by atoms with Crippen molar-refractivity contribution in [3.05, 3.63) is 47.1 Å². The van der Waals surface area contributed by atoms with Gasteiger partial charge in [0.05, 0.1) is 16.7 Å². The maximum Gasteiger partial charge on any atom is 0.231 e. The van der Waals surface area contributed by atoms with E-state index in [1.165, 1.54) is 0 Å². The smallest absolute Gasteiger partial charge is 0.231 e. The highest BCUT2D eigenvalue weighted by molar-refractivity contribution is 6.32. The molecule has 5 nitrogen and oxygen atoms in total. The Morgan fingerprint density at radius 2 is 2.19 bits per heavy atom. The SMILES string of the molecule is Clc1cc(CNc2ccc3cn[nH]c3c2)cc2c1OCO2. The van der Waals surface area contributed by atoms with Crippen LogP contribution >= 0.6 is 11.6 Å². The van der Waals surface area contributed by atoms with Gasteiger partial charge in [-0.05, 0) is 35.9 Å². The molecule has 0 aliphatic carbocycles. The lowest BCUT2D eigenvalue weighted by Gasteiger charge is -2.08. The first-order valence-corrected chi connectivity index (χ1v) is 6.92. The largest absolute Gasteiger partial charge is 0.454 e. The molecule has 106 valence electrons. The van der Waals surface area contributed by atoms with Gasteiger partial charge in [-0.3, -0.25) is 5.10 Å². The Morgan fingerprint density at radius 3 is 3.14 bits per heavy atom. The zero-order valence-corrected chi connectivity index (χ0v) is 11.8. The molecule has 0 saturated carbocycles. The number of aromatic amines is 1. The van der Waals surface area contributed by atoms with Gasteiger partial charge < -0.3 is 14.8 Å². The van der Waals surface area contributed by atoms with Crippen LogP contribution in [-0.2, 0) is 6.54 Å². The maximum absolute atomic E-state index is 6.17. The minimum atomic E-state index is 0.225. The zero-order chi connectivity index (χ0) is 14.2. The quantitative estimate of drug-likeness (QED) is 0.776. The first kappa shape index (κ1) is 12.3. The van der Waals surface area contributed by atoms with Gasteiger partial charge in [0.25, 0.3) is 0 Å². The number of H-pyrrole nitrogens is 1. The second-order valence-corrected chi connectivity index (χ2v) is 5.24. The Balaban J connectivity index is 1.55. The molecule has 0 saturated heterocycles. The van der Waals surface area contributed by atoms with Crippen molar-refractivity contribution in [1.29, 1.82) is 0 Å². The summed E-state index contributed by atoms with van der Waals surface area (Å²) in [5, 5.41) is 12.0. The molecule has 4 rings (SSSR count). The van der Waals surface area contributed by atoms with E-state index in [1.54, 1.807) is 6.20 Å². The summed E-state index contributed by atoms with van der Waals surface area (Å²) in [6.45, 7) is 0.873. The van der Waals surface area contributed by atoms with Gasteiger partial charge in [0.2, 0.25) is 6.79 Å². The average molecular weight is 302 g/mol. The van der Waals surface area contributed by atoms with E-state index in [0.29, 0.717) is 23.1 Å². The molecule has 1 aliphatic heterocycles. The van der Waals surface area contributed by atoms with E-state index in [-0.39, 0.29) is 6.79 Å². The molecule has 0 radical (unpaired) electrons. The molecule has 0 unspecified atom stereocenters. The van der Waals surface area contributed by atoms with Gasteiger partial charge in [-0.15, -0.1) is 0 Å². The topological polar surface area (TPSA) is 59.2 Å². The number of ether oxygens (including phenoxy) is 2. The van der Waals surface area contributed by atoms with Crippen LogP contribution in [0.5, 0.6) is 11.5 Å². The van der Waals surface area contributed by atoms with Crippen molar-refractivity contribution in [2.45, 2.75) is 6.54 Å². The van der Waals surface area contributed by atoms with Gasteiger partial charge in [0.15, 0.2) is 11.5 Å². The lowest BCUT2D eigenvalue weighted by Crippen LogP contribution is -1.99. The molecule has 1 aliphatic rings. The average Bonchev–Trinajstić information content (AvgIpc) is 3.13. The highest BCUT2D eigenvalue weighted by Gasteiger charge is 2.18. The van der Waals surface area contributed by atoms with Crippen molar-refractivity contribution in [2.24, 2.45) is 0 Å². The van der Waals surface area contributed by atoms with Crippen molar-refractivity contribution < 1.29 is 9.47 Å². The predicted molar refractivity (Wildman–Crippen MR) is 81.0 cm³/mol. The number of hydrogen-bond donors (Lipinski definition) is 2. The Labute approximate surface area is 125 Å². The van der Waals surface area contributed by atoms with Crippen LogP contribution in [0.2, 0.25) is 5.02 Å². The molecule has 2 N–H and O–H groups in total. The molecule has 0 bridgehead atoms. The van der Waals surface area contributed by atoms with Crippen LogP contribution in [0.15, 0.2) is 36.5 Å². The van der Waals surface area contributed by atoms with Crippen LogP contribution in [0.25, 0.3) is 10.9 Å². The normalized spacial score (nSPS) is 12.8. The van der Waals surface area contributed by atoms with E-state index in [1.807, 2.05) is 30.3 Å². The lowest BCUT2D eigenvalue weighted by atomic mass is 10.2. The summed E-state index contributed by atoms with van der Waals surface area (Å²) in [5.74, 6) is 1.32. The molecule has 2 aromatic carbocycles. The third kappa shape index (κ3) is 2.25. The monoisotopic (exact) mass is 301 g/mol. The molecule has 3 aromatic rings.